The molecule has 0 aliphatic rings. The quantitative estimate of drug-likeness (QED) is 0.580. The largest absolute Gasteiger partial charge is 0.508 e. The third kappa shape index (κ3) is 1.22. The smallest absolute Gasteiger partial charge is 0.171 e. The van der Waals surface area contributed by atoms with Gasteiger partial charge in [0.2, 0.25) is 0 Å². The van der Waals surface area contributed by atoms with Crippen molar-refractivity contribution in [1.82, 2.24) is 10.1 Å². The molecule has 16 heavy (non-hydrogen) atoms. The lowest BCUT2D eigenvalue weighted by Crippen LogP contribution is -1.79. The van der Waals surface area contributed by atoms with Gasteiger partial charge in [-0.25, -0.2) is 0 Å². The van der Waals surface area contributed by atoms with Crippen molar-refractivity contribution in [2.45, 2.75) is 0 Å². The molecule has 2 aromatic heterocycles. The van der Waals surface area contributed by atoms with Crippen molar-refractivity contribution in [3.63, 3.8) is 0 Å². The number of hydrogen-bond acceptors (Lipinski definition) is 4. The Labute approximate surface area is 90.5 Å². The van der Waals surface area contributed by atoms with Crippen molar-refractivity contribution >= 4 is 16.7 Å². The zero-order chi connectivity index (χ0) is 11.1. The molecular weight excluding hydrogens is 206 g/mol. The van der Waals surface area contributed by atoms with E-state index in [1.807, 2.05) is 0 Å². The number of hydrogen-bond donors (Lipinski definition) is 3. The number of phenols is 1. The molecule has 5 nitrogen and oxygen atoms in total. The molecule has 0 amide bonds. The average Bonchev–Trinajstić information content (AvgIpc) is 2.83. The van der Waals surface area contributed by atoms with Crippen molar-refractivity contribution in [2.75, 3.05) is 5.73 Å². The van der Waals surface area contributed by atoms with E-state index in [1.54, 1.807) is 30.5 Å². The number of rotatable bonds is 1. The van der Waals surface area contributed by atoms with Crippen LogP contribution in [0.2, 0.25) is 0 Å². The van der Waals surface area contributed by atoms with Crippen LogP contribution in [0.3, 0.4) is 0 Å². The molecule has 4 N–H and O–H groups in total. The first kappa shape index (κ1) is 8.84. The summed E-state index contributed by atoms with van der Waals surface area (Å²) in [4.78, 5) is 3.08. The molecule has 0 saturated heterocycles. The highest BCUT2D eigenvalue weighted by Crippen LogP contribution is 2.31. The number of nitrogen functional groups attached to an aromatic ring is 1. The van der Waals surface area contributed by atoms with Gasteiger partial charge in [-0.2, -0.15) is 0 Å². The van der Waals surface area contributed by atoms with Crippen LogP contribution in [0.25, 0.3) is 22.2 Å². The van der Waals surface area contributed by atoms with Gasteiger partial charge in [0.05, 0.1) is 0 Å². The lowest BCUT2D eigenvalue weighted by Gasteiger charge is -1.94. The van der Waals surface area contributed by atoms with Gasteiger partial charge in [0.1, 0.15) is 5.75 Å². The Balaban J connectivity index is 2.27. The molecule has 0 aliphatic heterocycles. The van der Waals surface area contributed by atoms with Crippen molar-refractivity contribution in [3.05, 3.63) is 30.5 Å². The Morgan fingerprint density at radius 2 is 2.19 bits per heavy atom. The number of nitrogens with one attached hydrogen (secondary N) is 1. The van der Waals surface area contributed by atoms with Gasteiger partial charge in [-0.1, -0.05) is 5.16 Å². The normalized spacial score (nSPS) is 11.0. The summed E-state index contributed by atoms with van der Waals surface area (Å²) < 4.78 is 5.08. The fourth-order valence-corrected chi connectivity index (χ4v) is 1.73. The van der Waals surface area contributed by atoms with Crippen LogP contribution < -0.4 is 5.73 Å². The third-order valence-electron chi connectivity index (χ3n) is 2.46. The van der Waals surface area contributed by atoms with E-state index in [9.17, 15) is 5.11 Å². The summed E-state index contributed by atoms with van der Waals surface area (Å²) in [6.07, 6.45) is 1.80. The highest BCUT2D eigenvalue weighted by atomic mass is 16.5. The number of aromatic hydroxyl groups is 1. The van der Waals surface area contributed by atoms with E-state index in [1.165, 1.54) is 0 Å². The van der Waals surface area contributed by atoms with Crippen molar-refractivity contribution in [1.29, 1.82) is 0 Å². The van der Waals surface area contributed by atoms with E-state index in [4.69, 9.17) is 10.3 Å². The Morgan fingerprint density at radius 1 is 1.31 bits per heavy atom. The SMILES string of the molecule is Nc1cc(-c2c[nH]c3ccc(O)cc23)on1. The Hall–Kier alpha value is -2.43. The Morgan fingerprint density at radius 3 is 2.94 bits per heavy atom. The summed E-state index contributed by atoms with van der Waals surface area (Å²) in [5.41, 5.74) is 7.24. The maximum absolute atomic E-state index is 9.44. The van der Waals surface area contributed by atoms with Crippen LogP contribution in [0.4, 0.5) is 5.82 Å². The first-order chi connectivity index (χ1) is 7.74. The molecular formula is C11H9N3O2. The van der Waals surface area contributed by atoms with Crippen molar-refractivity contribution in [3.8, 4) is 17.1 Å². The summed E-state index contributed by atoms with van der Waals surface area (Å²) in [6, 6.07) is 6.73. The van der Waals surface area contributed by atoms with Gasteiger partial charge in [0, 0.05) is 28.7 Å². The molecule has 5 heteroatoms. The van der Waals surface area contributed by atoms with E-state index in [0.717, 1.165) is 16.5 Å². The van der Waals surface area contributed by atoms with Crippen LogP contribution in [0.5, 0.6) is 5.75 Å². The van der Waals surface area contributed by atoms with E-state index in [2.05, 4.69) is 10.1 Å². The summed E-state index contributed by atoms with van der Waals surface area (Å²) in [6.45, 7) is 0. The molecule has 0 bridgehead atoms. The minimum absolute atomic E-state index is 0.209. The second-order valence-electron chi connectivity index (χ2n) is 3.55. The van der Waals surface area contributed by atoms with Gasteiger partial charge < -0.3 is 20.3 Å². The summed E-state index contributed by atoms with van der Waals surface area (Å²) in [7, 11) is 0. The summed E-state index contributed by atoms with van der Waals surface area (Å²) in [5, 5.41) is 13.9. The molecule has 0 fully saturated rings. The Kier molecular flexibility index (Phi) is 1.67. The Bertz CT molecular complexity index is 654. The van der Waals surface area contributed by atoms with Gasteiger partial charge in [-0.3, -0.25) is 0 Å². The summed E-state index contributed by atoms with van der Waals surface area (Å²) in [5.74, 6) is 1.12. The number of anilines is 1. The third-order valence-corrected chi connectivity index (χ3v) is 2.46. The van der Waals surface area contributed by atoms with Crippen LogP contribution in [0, 0.1) is 0 Å². The molecule has 0 aliphatic carbocycles. The summed E-state index contributed by atoms with van der Waals surface area (Å²) >= 11 is 0. The maximum atomic E-state index is 9.44. The zero-order valence-electron chi connectivity index (χ0n) is 8.27. The number of nitrogens with two attached hydrogens (primary N) is 1. The molecule has 3 aromatic rings. The molecule has 0 atom stereocenters. The van der Waals surface area contributed by atoms with E-state index in [-0.39, 0.29) is 5.75 Å². The fourth-order valence-electron chi connectivity index (χ4n) is 1.73. The highest BCUT2D eigenvalue weighted by Gasteiger charge is 2.11. The molecule has 3 rings (SSSR count). The van der Waals surface area contributed by atoms with Crippen LogP contribution >= 0.6 is 0 Å². The minimum Gasteiger partial charge on any atom is -0.508 e. The molecule has 80 valence electrons. The number of phenolic OH excluding ortho intramolecular Hbond substituents is 1. The highest BCUT2D eigenvalue weighted by molar-refractivity contribution is 5.95. The maximum Gasteiger partial charge on any atom is 0.171 e. The standard InChI is InChI=1S/C11H9N3O2/c12-11-4-10(16-14-11)8-5-13-9-2-1-6(15)3-7(8)9/h1-5,13,15H,(H2,12,14). The van der Waals surface area contributed by atoms with E-state index < -0.39 is 0 Å². The van der Waals surface area contributed by atoms with Gasteiger partial charge in [0.15, 0.2) is 11.6 Å². The number of aromatic nitrogens is 2. The predicted molar refractivity (Wildman–Crippen MR) is 59.9 cm³/mol. The van der Waals surface area contributed by atoms with E-state index >= 15 is 0 Å². The predicted octanol–water partition coefficient (Wildman–Crippen LogP) is 2.11. The van der Waals surface area contributed by atoms with E-state index in [0.29, 0.717) is 11.6 Å². The lowest BCUT2D eigenvalue weighted by molar-refractivity contribution is 0.436. The molecule has 0 spiro atoms. The fraction of sp³-hybridized carbons (Fsp3) is 0. The average molecular weight is 215 g/mol. The van der Waals surface area contributed by atoms with Crippen molar-refractivity contribution in [2.24, 2.45) is 0 Å². The molecule has 0 saturated carbocycles. The molecule has 2 heterocycles. The monoisotopic (exact) mass is 215 g/mol. The van der Waals surface area contributed by atoms with Gasteiger partial charge in [0.25, 0.3) is 0 Å². The molecule has 0 radical (unpaired) electrons. The molecule has 0 unspecified atom stereocenters. The first-order valence-electron chi connectivity index (χ1n) is 4.77. The second kappa shape index (κ2) is 3.03. The number of H-pyrrole nitrogens is 1. The number of fused-ring (bicyclic) bond motifs is 1. The number of aromatic amines is 1. The van der Waals surface area contributed by atoms with Crippen molar-refractivity contribution < 1.29 is 9.63 Å². The second-order valence-corrected chi connectivity index (χ2v) is 3.55. The zero-order valence-corrected chi connectivity index (χ0v) is 8.27. The van der Waals surface area contributed by atoms with Crippen LogP contribution in [0.1, 0.15) is 0 Å². The lowest BCUT2D eigenvalue weighted by atomic mass is 10.1. The van der Waals surface area contributed by atoms with Gasteiger partial charge in [-0.15, -0.1) is 0 Å². The first-order valence-corrected chi connectivity index (χ1v) is 4.77. The minimum atomic E-state index is 0.209. The number of benzene rings is 1. The topological polar surface area (TPSA) is 88.1 Å². The number of nitrogens with zero attached hydrogens (tertiary/aromatic N) is 1. The molecule has 1 aromatic carbocycles. The van der Waals surface area contributed by atoms with Crippen LogP contribution in [0.15, 0.2) is 35.0 Å². The van der Waals surface area contributed by atoms with Gasteiger partial charge in [-0.05, 0) is 18.2 Å². The van der Waals surface area contributed by atoms with Gasteiger partial charge >= 0.3 is 0 Å². The van der Waals surface area contributed by atoms with Crippen LogP contribution in [-0.4, -0.2) is 15.2 Å². The van der Waals surface area contributed by atoms with Crippen LogP contribution in [-0.2, 0) is 0 Å².